The number of carbonyl (C=O) groups excluding carboxylic acids is 1. The number of ether oxygens (including phenoxy) is 1. The van der Waals surface area contributed by atoms with Crippen molar-refractivity contribution in [1.82, 2.24) is 10.2 Å². The van der Waals surface area contributed by atoms with E-state index in [1.54, 1.807) is 0 Å². The van der Waals surface area contributed by atoms with Gasteiger partial charge in [-0.1, -0.05) is 30.3 Å². The van der Waals surface area contributed by atoms with E-state index in [-0.39, 0.29) is 12.4 Å². The first kappa shape index (κ1) is 19.2. The Hall–Kier alpha value is -1.10. The summed E-state index contributed by atoms with van der Waals surface area (Å²) in [7, 11) is 0. The average Bonchev–Trinajstić information content (AvgIpc) is 3.25. The van der Waals surface area contributed by atoms with Crippen LogP contribution in [0.2, 0.25) is 0 Å². The van der Waals surface area contributed by atoms with Gasteiger partial charge in [0.2, 0.25) is 5.91 Å². The van der Waals surface area contributed by atoms with Crippen LogP contribution < -0.4 is 5.32 Å². The third-order valence-corrected chi connectivity index (χ3v) is 5.03. The zero-order valence-corrected chi connectivity index (χ0v) is 15.1. The Balaban J connectivity index is 0.00000208. The number of nitrogens with zero attached hydrogens (tertiary/aromatic N) is 1. The van der Waals surface area contributed by atoms with Crippen LogP contribution in [0.15, 0.2) is 30.3 Å². The highest BCUT2D eigenvalue weighted by Gasteiger charge is 2.26. The van der Waals surface area contributed by atoms with E-state index < -0.39 is 0 Å². The van der Waals surface area contributed by atoms with Crippen molar-refractivity contribution in [3.05, 3.63) is 35.9 Å². The van der Waals surface area contributed by atoms with Crippen LogP contribution in [0.4, 0.5) is 0 Å². The van der Waals surface area contributed by atoms with E-state index in [4.69, 9.17) is 4.74 Å². The van der Waals surface area contributed by atoms with Gasteiger partial charge in [-0.2, -0.15) is 0 Å². The van der Waals surface area contributed by atoms with Crippen LogP contribution in [0.25, 0.3) is 0 Å². The maximum Gasteiger partial charge on any atom is 0.222 e. The van der Waals surface area contributed by atoms with Gasteiger partial charge < -0.3 is 15.0 Å². The molecule has 0 bridgehead atoms. The van der Waals surface area contributed by atoms with Crippen molar-refractivity contribution < 1.29 is 9.53 Å². The maximum atomic E-state index is 12.3. The summed E-state index contributed by atoms with van der Waals surface area (Å²) in [5.41, 5.74) is 1.21. The third-order valence-electron chi connectivity index (χ3n) is 5.03. The highest BCUT2D eigenvalue weighted by atomic mass is 35.5. The summed E-state index contributed by atoms with van der Waals surface area (Å²) >= 11 is 0. The Morgan fingerprint density at radius 1 is 1.21 bits per heavy atom. The van der Waals surface area contributed by atoms with E-state index in [9.17, 15) is 4.79 Å². The summed E-state index contributed by atoms with van der Waals surface area (Å²) < 4.78 is 5.83. The molecular formula is C19H29ClN2O2. The molecule has 4 nitrogen and oxygen atoms in total. The summed E-state index contributed by atoms with van der Waals surface area (Å²) in [6.07, 6.45) is 4.05. The lowest BCUT2D eigenvalue weighted by molar-refractivity contribution is -0.130. The van der Waals surface area contributed by atoms with Crippen LogP contribution in [0.1, 0.15) is 31.2 Å². The standard InChI is InChI=1S/C19H28N2O2.ClH/c22-19(7-6-16-8-10-20-12-16)21-11-9-18(13-21)15-23-14-17-4-2-1-3-5-17;/h1-5,16,18,20H,6-15H2;1H. The van der Waals surface area contributed by atoms with E-state index in [0.29, 0.717) is 30.8 Å². The van der Waals surface area contributed by atoms with Crippen LogP contribution in [0, 0.1) is 11.8 Å². The first-order valence-electron chi connectivity index (χ1n) is 8.91. The lowest BCUT2D eigenvalue weighted by Gasteiger charge is -2.18. The molecule has 2 fully saturated rings. The zero-order valence-electron chi connectivity index (χ0n) is 14.3. The minimum absolute atomic E-state index is 0. The minimum atomic E-state index is 0. The highest BCUT2D eigenvalue weighted by molar-refractivity contribution is 5.85. The van der Waals surface area contributed by atoms with Crippen LogP contribution in [0.3, 0.4) is 0 Å². The molecule has 2 heterocycles. The third kappa shape index (κ3) is 5.76. The Kier molecular flexibility index (Phi) is 8.03. The largest absolute Gasteiger partial charge is 0.376 e. The summed E-state index contributed by atoms with van der Waals surface area (Å²) in [5.74, 6) is 1.53. The van der Waals surface area contributed by atoms with Crippen molar-refractivity contribution in [3.63, 3.8) is 0 Å². The lowest BCUT2D eigenvalue weighted by Crippen LogP contribution is -2.29. The van der Waals surface area contributed by atoms with Gasteiger partial charge in [0.25, 0.3) is 0 Å². The van der Waals surface area contributed by atoms with Crippen molar-refractivity contribution in [2.75, 3.05) is 32.8 Å². The molecule has 24 heavy (non-hydrogen) atoms. The number of benzene rings is 1. The second-order valence-electron chi connectivity index (χ2n) is 6.89. The predicted octanol–water partition coefficient (Wildman–Crippen LogP) is 2.86. The predicted molar refractivity (Wildman–Crippen MR) is 98.2 cm³/mol. The first-order chi connectivity index (χ1) is 11.3. The molecule has 2 atom stereocenters. The zero-order chi connectivity index (χ0) is 15.9. The topological polar surface area (TPSA) is 41.6 Å². The van der Waals surface area contributed by atoms with E-state index >= 15 is 0 Å². The Morgan fingerprint density at radius 2 is 2.04 bits per heavy atom. The minimum Gasteiger partial charge on any atom is -0.376 e. The van der Waals surface area contributed by atoms with Crippen molar-refractivity contribution in [3.8, 4) is 0 Å². The molecule has 2 aliphatic heterocycles. The molecule has 1 aromatic carbocycles. The summed E-state index contributed by atoms with van der Waals surface area (Å²) in [4.78, 5) is 14.3. The second kappa shape index (κ2) is 10.0. The first-order valence-corrected chi connectivity index (χ1v) is 8.91. The van der Waals surface area contributed by atoms with Gasteiger partial charge >= 0.3 is 0 Å². The molecule has 134 valence electrons. The van der Waals surface area contributed by atoms with Gasteiger partial charge in [0.1, 0.15) is 0 Å². The SMILES string of the molecule is Cl.O=C(CCC1CCNC1)N1CCC(COCc2ccccc2)C1. The number of hydrogen-bond acceptors (Lipinski definition) is 3. The van der Waals surface area contributed by atoms with Gasteiger partial charge in [-0.25, -0.2) is 0 Å². The molecule has 0 saturated carbocycles. The van der Waals surface area contributed by atoms with E-state index in [1.165, 1.54) is 12.0 Å². The van der Waals surface area contributed by atoms with Crippen molar-refractivity contribution in [2.24, 2.45) is 11.8 Å². The maximum absolute atomic E-state index is 12.3. The molecule has 0 aromatic heterocycles. The molecule has 3 rings (SSSR count). The highest BCUT2D eigenvalue weighted by Crippen LogP contribution is 2.20. The summed E-state index contributed by atoms with van der Waals surface area (Å²) in [6.45, 7) is 5.40. The molecule has 5 heteroatoms. The number of hydrogen-bond donors (Lipinski definition) is 1. The van der Waals surface area contributed by atoms with Gasteiger partial charge in [0.15, 0.2) is 0 Å². The summed E-state index contributed by atoms with van der Waals surface area (Å²) in [6, 6.07) is 10.3. The van der Waals surface area contributed by atoms with Crippen molar-refractivity contribution in [2.45, 2.75) is 32.3 Å². The molecule has 0 aliphatic carbocycles. The molecule has 2 aliphatic rings. The monoisotopic (exact) mass is 352 g/mol. The number of halogens is 1. The van der Waals surface area contributed by atoms with E-state index in [0.717, 1.165) is 45.6 Å². The number of likely N-dealkylation sites (tertiary alicyclic amines) is 1. The van der Waals surface area contributed by atoms with Crippen LogP contribution >= 0.6 is 12.4 Å². The fraction of sp³-hybridized carbons (Fsp3) is 0.632. The van der Waals surface area contributed by atoms with Gasteiger partial charge in [-0.15, -0.1) is 12.4 Å². The van der Waals surface area contributed by atoms with Crippen LogP contribution in [-0.2, 0) is 16.1 Å². The Bertz CT molecular complexity index is 491. The van der Waals surface area contributed by atoms with Gasteiger partial charge in [0, 0.05) is 25.4 Å². The second-order valence-corrected chi connectivity index (χ2v) is 6.89. The smallest absolute Gasteiger partial charge is 0.222 e. The number of rotatable bonds is 7. The quantitative estimate of drug-likeness (QED) is 0.820. The molecular weight excluding hydrogens is 324 g/mol. The van der Waals surface area contributed by atoms with Gasteiger partial charge in [-0.05, 0) is 43.8 Å². The Labute approximate surface area is 151 Å². The fourth-order valence-corrected chi connectivity index (χ4v) is 3.56. The molecule has 0 radical (unpaired) electrons. The van der Waals surface area contributed by atoms with Crippen molar-refractivity contribution >= 4 is 18.3 Å². The van der Waals surface area contributed by atoms with Crippen LogP contribution in [0.5, 0.6) is 0 Å². The van der Waals surface area contributed by atoms with E-state index in [2.05, 4.69) is 17.4 Å². The molecule has 1 N–H and O–H groups in total. The van der Waals surface area contributed by atoms with Crippen LogP contribution in [-0.4, -0.2) is 43.6 Å². The van der Waals surface area contributed by atoms with Gasteiger partial charge in [-0.3, -0.25) is 4.79 Å². The Morgan fingerprint density at radius 3 is 2.79 bits per heavy atom. The van der Waals surface area contributed by atoms with Gasteiger partial charge in [0.05, 0.1) is 13.2 Å². The fourth-order valence-electron chi connectivity index (χ4n) is 3.56. The molecule has 2 unspecified atom stereocenters. The lowest BCUT2D eigenvalue weighted by atomic mass is 10.0. The molecule has 1 aromatic rings. The number of nitrogens with one attached hydrogen (secondary N) is 1. The molecule has 0 spiro atoms. The molecule has 1 amide bonds. The normalized spacial score (nSPS) is 23.2. The summed E-state index contributed by atoms with van der Waals surface area (Å²) in [5, 5.41) is 3.37. The molecule has 2 saturated heterocycles. The number of amides is 1. The van der Waals surface area contributed by atoms with Crippen molar-refractivity contribution in [1.29, 1.82) is 0 Å². The van der Waals surface area contributed by atoms with E-state index in [1.807, 2.05) is 23.1 Å². The number of carbonyl (C=O) groups is 1. The average molecular weight is 353 g/mol.